The summed E-state index contributed by atoms with van der Waals surface area (Å²) in [7, 11) is 0. The van der Waals surface area contributed by atoms with Crippen LogP contribution in [0.1, 0.15) is 55.5 Å². The van der Waals surface area contributed by atoms with Crippen LogP contribution in [0.15, 0.2) is 41.5 Å². The molecule has 0 radical (unpaired) electrons. The Morgan fingerprint density at radius 3 is 2.58 bits per heavy atom. The molecule has 1 saturated carbocycles. The molecule has 1 aromatic carbocycles. The van der Waals surface area contributed by atoms with Gasteiger partial charge in [0.1, 0.15) is 18.3 Å². The summed E-state index contributed by atoms with van der Waals surface area (Å²) >= 11 is 0. The Kier molecular flexibility index (Phi) is 9.06. The van der Waals surface area contributed by atoms with Gasteiger partial charge in [0.25, 0.3) is 5.91 Å². The number of carbonyl (C=O) groups excluding carboxylic acids is 2. The second kappa shape index (κ2) is 12.9. The largest absolute Gasteiger partial charge is 0.476 e. The van der Waals surface area contributed by atoms with Crippen LogP contribution in [0, 0.1) is 11.7 Å². The summed E-state index contributed by atoms with van der Waals surface area (Å²) in [5.74, 6) is 0.464. The highest BCUT2D eigenvalue weighted by Crippen LogP contribution is 2.38. The zero-order valence-corrected chi connectivity index (χ0v) is 23.3. The van der Waals surface area contributed by atoms with Crippen LogP contribution < -0.4 is 15.0 Å². The number of ether oxygens (including phenoxy) is 2. The van der Waals surface area contributed by atoms with Crippen LogP contribution in [-0.2, 0) is 16.0 Å². The van der Waals surface area contributed by atoms with Crippen molar-refractivity contribution >= 4 is 23.3 Å². The smallest absolute Gasteiger partial charge is 0.278 e. The van der Waals surface area contributed by atoms with Crippen LogP contribution in [0.25, 0.3) is 0 Å². The standard InChI is InChI=1S/C30H38FN5O4/c1-20(2)33-29(37)22-5-9-25(10-6-22)36-26-18-28(40-16-13-35-11-14-39-15-12-35)32-19-23(26)17-27(36)34-30(38)21-3-7-24(31)8-4-21/h3-4,7-8,18-20,22,25H,5-6,9-17H2,1-2H3,(H,33,37). The fourth-order valence-corrected chi connectivity index (χ4v) is 5.67. The first-order valence-corrected chi connectivity index (χ1v) is 14.3. The second-order valence-corrected chi connectivity index (χ2v) is 11.0. The van der Waals surface area contributed by atoms with E-state index < -0.39 is 11.7 Å². The maximum atomic E-state index is 13.4. The van der Waals surface area contributed by atoms with Gasteiger partial charge < -0.3 is 19.7 Å². The summed E-state index contributed by atoms with van der Waals surface area (Å²) in [4.78, 5) is 39.2. The Bertz CT molecular complexity index is 1220. The van der Waals surface area contributed by atoms with Crippen molar-refractivity contribution in [2.75, 3.05) is 44.4 Å². The Balaban J connectivity index is 1.34. The average Bonchev–Trinajstić information content (AvgIpc) is 3.30. The highest BCUT2D eigenvalue weighted by Gasteiger charge is 2.36. The molecular formula is C30H38FN5O4. The number of aromatic nitrogens is 1. The van der Waals surface area contributed by atoms with Gasteiger partial charge in [-0.2, -0.15) is 4.99 Å². The maximum absolute atomic E-state index is 13.4. The molecule has 1 N–H and O–H groups in total. The molecule has 10 heteroatoms. The number of amides is 2. The molecule has 0 unspecified atom stereocenters. The van der Waals surface area contributed by atoms with Crippen molar-refractivity contribution in [1.82, 2.24) is 15.2 Å². The van der Waals surface area contributed by atoms with Gasteiger partial charge in [0.2, 0.25) is 11.8 Å². The van der Waals surface area contributed by atoms with E-state index in [1.807, 2.05) is 19.9 Å². The van der Waals surface area contributed by atoms with Gasteiger partial charge in [-0.3, -0.25) is 14.5 Å². The van der Waals surface area contributed by atoms with Crippen LogP contribution >= 0.6 is 0 Å². The molecule has 0 atom stereocenters. The normalized spacial score (nSPS) is 22.4. The monoisotopic (exact) mass is 551 g/mol. The minimum Gasteiger partial charge on any atom is -0.476 e. The minimum absolute atomic E-state index is 0.0153. The van der Waals surface area contributed by atoms with Crippen LogP contribution in [-0.4, -0.2) is 79.1 Å². The summed E-state index contributed by atoms with van der Waals surface area (Å²) in [6.07, 6.45) is 5.41. The Morgan fingerprint density at radius 1 is 1.15 bits per heavy atom. The van der Waals surface area contributed by atoms with E-state index in [0.717, 1.165) is 69.8 Å². The van der Waals surface area contributed by atoms with Crippen molar-refractivity contribution < 1.29 is 23.5 Å². The van der Waals surface area contributed by atoms with Crippen molar-refractivity contribution in [3.63, 3.8) is 0 Å². The molecular weight excluding hydrogens is 513 g/mol. The lowest BCUT2D eigenvalue weighted by Gasteiger charge is -2.36. The number of aliphatic imine (C=N–C) groups is 1. The molecule has 0 bridgehead atoms. The van der Waals surface area contributed by atoms with Gasteiger partial charge in [0.05, 0.1) is 18.9 Å². The van der Waals surface area contributed by atoms with Crippen molar-refractivity contribution in [3.05, 3.63) is 53.5 Å². The molecule has 2 fully saturated rings. The summed E-state index contributed by atoms with van der Waals surface area (Å²) in [5.41, 5.74) is 2.26. The molecule has 1 aliphatic carbocycles. The number of hydrogen-bond acceptors (Lipinski definition) is 6. The number of amidine groups is 1. The molecule has 2 amide bonds. The van der Waals surface area contributed by atoms with E-state index in [0.29, 0.717) is 30.3 Å². The third kappa shape index (κ3) is 6.85. The number of fused-ring (bicyclic) bond motifs is 1. The van der Waals surface area contributed by atoms with Gasteiger partial charge in [-0.05, 0) is 63.8 Å². The number of morpholine rings is 1. The van der Waals surface area contributed by atoms with Crippen molar-refractivity contribution in [3.8, 4) is 5.88 Å². The van der Waals surface area contributed by atoms with Gasteiger partial charge >= 0.3 is 0 Å². The molecule has 214 valence electrons. The molecule has 40 heavy (non-hydrogen) atoms. The van der Waals surface area contributed by atoms with E-state index >= 15 is 0 Å². The van der Waals surface area contributed by atoms with E-state index in [-0.39, 0.29) is 23.9 Å². The summed E-state index contributed by atoms with van der Waals surface area (Å²) in [6, 6.07) is 7.58. The first kappa shape index (κ1) is 28.2. The number of halogens is 1. The average molecular weight is 552 g/mol. The molecule has 2 aliphatic heterocycles. The molecule has 2 aromatic rings. The fraction of sp³-hybridized carbons (Fsp3) is 0.533. The lowest BCUT2D eigenvalue weighted by atomic mass is 9.84. The highest BCUT2D eigenvalue weighted by molar-refractivity contribution is 6.12. The number of nitrogens with one attached hydrogen (secondary N) is 1. The van der Waals surface area contributed by atoms with Gasteiger partial charge in [-0.1, -0.05) is 0 Å². The molecule has 3 heterocycles. The summed E-state index contributed by atoms with van der Waals surface area (Å²) < 4.78 is 24.9. The zero-order valence-electron chi connectivity index (χ0n) is 23.3. The van der Waals surface area contributed by atoms with Gasteiger partial charge in [0, 0.05) is 67.4 Å². The number of carbonyl (C=O) groups is 2. The van der Waals surface area contributed by atoms with Crippen molar-refractivity contribution in [1.29, 1.82) is 0 Å². The van der Waals surface area contributed by atoms with E-state index in [4.69, 9.17) is 9.47 Å². The lowest BCUT2D eigenvalue weighted by Crippen LogP contribution is -2.44. The molecule has 3 aliphatic rings. The van der Waals surface area contributed by atoms with Crippen molar-refractivity contribution in [2.45, 2.75) is 58.0 Å². The third-order valence-electron chi connectivity index (χ3n) is 7.77. The Hall–Kier alpha value is -3.37. The number of rotatable bonds is 8. The number of benzene rings is 1. The van der Waals surface area contributed by atoms with E-state index in [1.165, 1.54) is 24.3 Å². The van der Waals surface area contributed by atoms with E-state index in [9.17, 15) is 14.0 Å². The zero-order chi connectivity index (χ0) is 28.1. The van der Waals surface area contributed by atoms with Crippen molar-refractivity contribution in [2.24, 2.45) is 10.9 Å². The van der Waals surface area contributed by atoms with Gasteiger partial charge in [-0.25, -0.2) is 9.37 Å². The van der Waals surface area contributed by atoms with E-state index in [2.05, 4.69) is 25.1 Å². The SMILES string of the molecule is CC(C)NC(=O)C1CCC(N2C(=NC(=O)c3ccc(F)cc3)Cc3cnc(OCCN4CCOCC4)cc32)CC1. The number of pyridine rings is 1. The number of anilines is 1. The van der Waals surface area contributed by atoms with Crippen LogP contribution in [0.4, 0.5) is 10.1 Å². The van der Waals surface area contributed by atoms with Crippen LogP contribution in [0.2, 0.25) is 0 Å². The second-order valence-electron chi connectivity index (χ2n) is 11.0. The lowest BCUT2D eigenvalue weighted by molar-refractivity contribution is -0.126. The summed E-state index contributed by atoms with van der Waals surface area (Å²) in [6.45, 7) is 8.54. The molecule has 1 aromatic heterocycles. The van der Waals surface area contributed by atoms with Crippen LogP contribution in [0.3, 0.4) is 0 Å². The van der Waals surface area contributed by atoms with E-state index in [1.54, 1.807) is 6.20 Å². The van der Waals surface area contributed by atoms with Gasteiger partial charge in [-0.15, -0.1) is 0 Å². The first-order valence-electron chi connectivity index (χ1n) is 14.3. The number of nitrogens with zero attached hydrogens (tertiary/aromatic N) is 4. The quantitative estimate of drug-likeness (QED) is 0.535. The fourth-order valence-electron chi connectivity index (χ4n) is 5.67. The predicted octanol–water partition coefficient (Wildman–Crippen LogP) is 3.62. The number of hydrogen-bond donors (Lipinski definition) is 1. The summed E-state index contributed by atoms with van der Waals surface area (Å²) in [5, 5.41) is 3.04. The molecule has 1 saturated heterocycles. The molecule has 5 rings (SSSR count). The first-order chi connectivity index (χ1) is 19.4. The third-order valence-corrected chi connectivity index (χ3v) is 7.77. The Morgan fingerprint density at radius 2 is 1.88 bits per heavy atom. The highest BCUT2D eigenvalue weighted by atomic mass is 19.1. The molecule has 9 nitrogen and oxygen atoms in total. The Labute approximate surface area is 234 Å². The van der Waals surface area contributed by atoms with Gasteiger partial charge in [0.15, 0.2) is 0 Å². The van der Waals surface area contributed by atoms with Crippen LogP contribution in [0.5, 0.6) is 5.88 Å². The minimum atomic E-state index is -0.409. The predicted molar refractivity (Wildman–Crippen MR) is 150 cm³/mol. The maximum Gasteiger partial charge on any atom is 0.278 e. The molecule has 0 spiro atoms. The topological polar surface area (TPSA) is 96.4 Å².